The van der Waals surface area contributed by atoms with Crippen LogP contribution in [-0.2, 0) is 0 Å². The molecular formula is C11H20N4. The van der Waals surface area contributed by atoms with Crippen LogP contribution in [0.25, 0.3) is 0 Å². The van der Waals surface area contributed by atoms with Gasteiger partial charge in [-0.2, -0.15) is 0 Å². The Balaban J connectivity index is 2.37. The largest absolute Gasteiger partial charge is 0.354 e. The van der Waals surface area contributed by atoms with E-state index in [1.165, 1.54) is 0 Å². The minimum atomic E-state index is 0.742. The molecule has 84 valence electrons. The molecule has 4 heteroatoms. The third kappa shape index (κ3) is 4.74. The second-order valence-corrected chi connectivity index (χ2v) is 4.06. The van der Waals surface area contributed by atoms with Gasteiger partial charge in [0.15, 0.2) is 0 Å². The molecule has 0 aliphatic carbocycles. The first-order chi connectivity index (χ1) is 7.08. The maximum absolute atomic E-state index is 4.31. The number of aromatic nitrogens is 2. The Labute approximate surface area is 91.7 Å². The van der Waals surface area contributed by atoms with Gasteiger partial charge < -0.3 is 10.2 Å². The van der Waals surface area contributed by atoms with Crippen LogP contribution < -0.4 is 5.32 Å². The van der Waals surface area contributed by atoms with Crippen molar-refractivity contribution in [2.45, 2.75) is 20.3 Å². The van der Waals surface area contributed by atoms with Gasteiger partial charge in [0.1, 0.15) is 0 Å². The first-order valence-electron chi connectivity index (χ1n) is 5.29. The van der Waals surface area contributed by atoms with Crippen LogP contribution in [0.2, 0.25) is 0 Å². The summed E-state index contributed by atoms with van der Waals surface area (Å²) in [6.07, 6.45) is 1.10. The summed E-state index contributed by atoms with van der Waals surface area (Å²) in [5.74, 6) is 0.742. The lowest BCUT2D eigenvalue weighted by Gasteiger charge is -2.10. The third-order valence-electron chi connectivity index (χ3n) is 2.05. The third-order valence-corrected chi connectivity index (χ3v) is 2.05. The predicted octanol–water partition coefficient (Wildman–Crippen LogP) is 1.46. The Morgan fingerprint density at radius 1 is 1.20 bits per heavy atom. The summed E-state index contributed by atoms with van der Waals surface area (Å²) >= 11 is 0. The van der Waals surface area contributed by atoms with E-state index in [1.807, 2.05) is 19.9 Å². The van der Waals surface area contributed by atoms with Crippen molar-refractivity contribution < 1.29 is 0 Å². The second kappa shape index (κ2) is 5.66. The molecule has 1 N–H and O–H groups in total. The van der Waals surface area contributed by atoms with Crippen LogP contribution in [0.4, 0.5) is 5.95 Å². The average molecular weight is 208 g/mol. The van der Waals surface area contributed by atoms with Crippen LogP contribution in [0.15, 0.2) is 6.07 Å². The molecule has 15 heavy (non-hydrogen) atoms. The van der Waals surface area contributed by atoms with Gasteiger partial charge in [0.25, 0.3) is 0 Å². The van der Waals surface area contributed by atoms with E-state index >= 15 is 0 Å². The van der Waals surface area contributed by atoms with Gasteiger partial charge in [-0.15, -0.1) is 0 Å². The van der Waals surface area contributed by atoms with Crippen LogP contribution in [0, 0.1) is 13.8 Å². The molecule has 0 atom stereocenters. The van der Waals surface area contributed by atoms with Crippen LogP contribution >= 0.6 is 0 Å². The minimum Gasteiger partial charge on any atom is -0.354 e. The quantitative estimate of drug-likeness (QED) is 0.744. The van der Waals surface area contributed by atoms with Crippen LogP contribution in [0.1, 0.15) is 17.8 Å². The van der Waals surface area contributed by atoms with Gasteiger partial charge in [0, 0.05) is 17.9 Å². The minimum absolute atomic E-state index is 0.742. The Morgan fingerprint density at radius 3 is 2.33 bits per heavy atom. The van der Waals surface area contributed by atoms with E-state index in [9.17, 15) is 0 Å². The van der Waals surface area contributed by atoms with E-state index in [2.05, 4.69) is 34.3 Å². The van der Waals surface area contributed by atoms with Crippen LogP contribution in [0.5, 0.6) is 0 Å². The van der Waals surface area contributed by atoms with E-state index in [0.717, 1.165) is 36.8 Å². The summed E-state index contributed by atoms with van der Waals surface area (Å²) in [6.45, 7) is 5.97. The molecule has 0 fully saturated rings. The fourth-order valence-electron chi connectivity index (χ4n) is 1.40. The number of aryl methyl sites for hydroxylation is 2. The fourth-order valence-corrected chi connectivity index (χ4v) is 1.40. The number of nitrogens with one attached hydrogen (secondary N) is 1. The zero-order valence-corrected chi connectivity index (χ0v) is 10.0. The van der Waals surface area contributed by atoms with Gasteiger partial charge in [-0.3, -0.25) is 0 Å². The monoisotopic (exact) mass is 208 g/mol. The van der Waals surface area contributed by atoms with E-state index in [4.69, 9.17) is 0 Å². The van der Waals surface area contributed by atoms with Gasteiger partial charge in [0.2, 0.25) is 5.95 Å². The van der Waals surface area contributed by atoms with Gasteiger partial charge in [-0.05, 0) is 47.0 Å². The number of nitrogens with zero attached hydrogens (tertiary/aromatic N) is 3. The summed E-state index contributed by atoms with van der Waals surface area (Å²) < 4.78 is 0. The molecule has 1 rings (SSSR count). The highest BCUT2D eigenvalue weighted by molar-refractivity contribution is 5.27. The van der Waals surface area contributed by atoms with Crippen molar-refractivity contribution in [1.29, 1.82) is 0 Å². The maximum Gasteiger partial charge on any atom is 0.223 e. The summed E-state index contributed by atoms with van der Waals surface area (Å²) in [7, 11) is 4.15. The number of hydrogen-bond donors (Lipinski definition) is 1. The van der Waals surface area contributed by atoms with Crippen molar-refractivity contribution in [3.05, 3.63) is 17.5 Å². The first kappa shape index (κ1) is 11.9. The van der Waals surface area contributed by atoms with E-state index < -0.39 is 0 Å². The smallest absolute Gasteiger partial charge is 0.223 e. The van der Waals surface area contributed by atoms with E-state index in [0.29, 0.717) is 0 Å². The summed E-state index contributed by atoms with van der Waals surface area (Å²) in [5, 5.41) is 3.23. The Morgan fingerprint density at radius 2 is 1.80 bits per heavy atom. The van der Waals surface area contributed by atoms with Gasteiger partial charge >= 0.3 is 0 Å². The molecule has 1 aromatic heterocycles. The van der Waals surface area contributed by atoms with E-state index in [1.54, 1.807) is 0 Å². The molecule has 0 unspecified atom stereocenters. The Kier molecular flexibility index (Phi) is 4.49. The zero-order chi connectivity index (χ0) is 11.3. The molecule has 0 spiro atoms. The highest BCUT2D eigenvalue weighted by Gasteiger charge is 1.98. The SMILES string of the molecule is Cc1cc(C)nc(NCCCN(C)C)n1. The van der Waals surface area contributed by atoms with Crippen LogP contribution in [-0.4, -0.2) is 42.1 Å². The van der Waals surface area contributed by atoms with Crippen molar-refractivity contribution in [2.75, 3.05) is 32.5 Å². The van der Waals surface area contributed by atoms with Crippen LogP contribution in [0.3, 0.4) is 0 Å². The Bertz CT molecular complexity index is 289. The van der Waals surface area contributed by atoms with Crippen molar-refractivity contribution >= 4 is 5.95 Å². The van der Waals surface area contributed by atoms with E-state index in [-0.39, 0.29) is 0 Å². The molecule has 0 amide bonds. The second-order valence-electron chi connectivity index (χ2n) is 4.06. The molecule has 0 aliphatic rings. The molecule has 0 saturated heterocycles. The topological polar surface area (TPSA) is 41.1 Å². The van der Waals surface area contributed by atoms with Crippen molar-refractivity contribution in [1.82, 2.24) is 14.9 Å². The molecule has 0 aromatic carbocycles. The molecule has 1 heterocycles. The summed E-state index contributed by atoms with van der Waals surface area (Å²) in [4.78, 5) is 10.8. The van der Waals surface area contributed by atoms with Crippen molar-refractivity contribution in [3.63, 3.8) is 0 Å². The lowest BCUT2D eigenvalue weighted by atomic mass is 10.3. The molecule has 0 bridgehead atoms. The average Bonchev–Trinajstić information content (AvgIpc) is 2.10. The molecule has 0 saturated carbocycles. The molecular weight excluding hydrogens is 188 g/mol. The van der Waals surface area contributed by atoms with Gasteiger partial charge in [-0.1, -0.05) is 0 Å². The lowest BCUT2D eigenvalue weighted by Crippen LogP contribution is -2.17. The van der Waals surface area contributed by atoms with Gasteiger partial charge in [0.05, 0.1) is 0 Å². The van der Waals surface area contributed by atoms with Crippen molar-refractivity contribution in [3.8, 4) is 0 Å². The summed E-state index contributed by atoms with van der Waals surface area (Å²) in [5.41, 5.74) is 2.02. The van der Waals surface area contributed by atoms with Crippen molar-refractivity contribution in [2.24, 2.45) is 0 Å². The molecule has 0 aliphatic heterocycles. The maximum atomic E-state index is 4.31. The number of hydrogen-bond acceptors (Lipinski definition) is 4. The molecule has 1 aromatic rings. The fraction of sp³-hybridized carbons (Fsp3) is 0.636. The van der Waals surface area contributed by atoms with Gasteiger partial charge in [-0.25, -0.2) is 9.97 Å². The summed E-state index contributed by atoms with van der Waals surface area (Å²) in [6, 6.07) is 1.98. The highest BCUT2D eigenvalue weighted by atomic mass is 15.1. The molecule has 0 radical (unpaired) electrons. The number of anilines is 1. The highest BCUT2D eigenvalue weighted by Crippen LogP contribution is 2.03. The normalized spacial score (nSPS) is 10.7. The zero-order valence-electron chi connectivity index (χ0n) is 10.0. The first-order valence-corrected chi connectivity index (χ1v) is 5.29. The standard InChI is InChI=1S/C11H20N4/c1-9-8-10(2)14-11(13-9)12-6-5-7-15(3)4/h8H,5-7H2,1-4H3,(H,12,13,14). The molecule has 4 nitrogen and oxygen atoms in total. The predicted molar refractivity (Wildman–Crippen MR) is 63.2 cm³/mol. The Hall–Kier alpha value is -1.16. The number of rotatable bonds is 5. The lowest BCUT2D eigenvalue weighted by molar-refractivity contribution is 0.405.